The summed E-state index contributed by atoms with van der Waals surface area (Å²) < 4.78 is 14.2. The van der Waals surface area contributed by atoms with Crippen LogP contribution in [0.15, 0.2) is 66.7 Å². The van der Waals surface area contributed by atoms with Crippen molar-refractivity contribution in [3.63, 3.8) is 0 Å². The zero-order valence-corrected chi connectivity index (χ0v) is 33.2. The second-order valence-corrected chi connectivity index (χ2v) is 15.5. The summed E-state index contributed by atoms with van der Waals surface area (Å²) in [5, 5.41) is 0. The monoisotopic (exact) mass is 722 g/mol. The Kier molecular flexibility index (Phi) is 15.5. The molecule has 0 heterocycles. The molecule has 1 aliphatic rings. The maximum Gasteiger partial charge on any atom is -1.00 e. The van der Waals surface area contributed by atoms with Gasteiger partial charge in [0.15, 0.2) is 0 Å². The Morgan fingerprint density at radius 2 is 1.33 bits per heavy atom. The first-order chi connectivity index (χ1) is 20.0. The van der Waals surface area contributed by atoms with Gasteiger partial charge in [-0.05, 0) is 17.4 Å². The first kappa shape index (κ1) is 41.3. The fraction of sp³-hybridized carbons (Fsp3) is 0.415. The van der Waals surface area contributed by atoms with Gasteiger partial charge in [-0.15, -0.1) is 5.56 Å². The van der Waals surface area contributed by atoms with Gasteiger partial charge in [-0.2, -0.15) is 52.1 Å². The number of rotatable bonds is 3. The van der Waals surface area contributed by atoms with Crippen LogP contribution in [0.5, 0.6) is 0 Å². The standard InChI is InChI=1S/C21H25.C13H21.C7H5F.2ClH.Zr/c1-20(2,3)16-9-7-14-11-15-8-10-17(21(4,5)6)13-19(15)18(14)12-16;1-6-10-8-11(7-2)12(9-10)13(3,4)5;1-6-2-4-7(8)5-3-6;;;/h7,9-10,12-13H,11H2,1-6H3;8-9H,6-7H2,1-5H3;1-5H;2*1H;/q2*-1;;;;+2/p-2. The van der Waals surface area contributed by atoms with Gasteiger partial charge in [0, 0.05) is 0 Å². The number of aryl methyl sites for hydroxylation is 2. The average Bonchev–Trinajstić information content (AvgIpc) is 3.54. The summed E-state index contributed by atoms with van der Waals surface area (Å²) in [4.78, 5) is 0. The molecule has 5 rings (SSSR count). The van der Waals surface area contributed by atoms with Gasteiger partial charge >= 0.3 is 68.0 Å². The molecule has 242 valence electrons. The normalized spacial score (nSPS) is 11.9. The molecule has 0 saturated heterocycles. The van der Waals surface area contributed by atoms with E-state index in [9.17, 15) is 4.39 Å². The van der Waals surface area contributed by atoms with Gasteiger partial charge in [0.05, 0.1) is 0 Å². The molecule has 4 aromatic rings. The van der Waals surface area contributed by atoms with Crippen LogP contribution in [0.4, 0.5) is 4.39 Å². The fourth-order valence-electron chi connectivity index (χ4n) is 5.36. The van der Waals surface area contributed by atoms with Gasteiger partial charge < -0.3 is 24.8 Å². The molecule has 0 atom stereocenters. The number of halogens is 3. The zero-order chi connectivity index (χ0) is 32.2. The van der Waals surface area contributed by atoms with Gasteiger partial charge in [-0.3, -0.25) is 0 Å². The molecule has 0 saturated carbocycles. The second kappa shape index (κ2) is 16.9. The molecule has 0 radical (unpaired) electrons. The van der Waals surface area contributed by atoms with Crippen molar-refractivity contribution in [2.24, 2.45) is 0 Å². The molecule has 0 fully saturated rings. The maximum absolute atomic E-state index is 12.2. The Hall–Kier alpha value is -1.73. The fourth-order valence-corrected chi connectivity index (χ4v) is 5.83. The molecule has 0 nitrogen and oxygen atoms in total. The third-order valence-electron chi connectivity index (χ3n) is 8.20. The van der Waals surface area contributed by atoms with E-state index in [1.165, 1.54) is 86.4 Å². The van der Waals surface area contributed by atoms with E-state index in [1.54, 1.807) is 12.1 Å². The molecule has 0 aliphatic heterocycles. The van der Waals surface area contributed by atoms with Crippen molar-refractivity contribution >= 4 is 3.71 Å². The second-order valence-electron chi connectivity index (χ2n) is 14.8. The van der Waals surface area contributed by atoms with Crippen LogP contribution in [0.1, 0.15) is 121 Å². The molecule has 0 spiro atoms. The zero-order valence-electron chi connectivity index (χ0n) is 29.2. The van der Waals surface area contributed by atoms with Gasteiger partial charge in [0.1, 0.15) is 0 Å². The minimum absolute atomic E-state index is 0. The number of hydrogen-bond donors (Lipinski definition) is 0. The Balaban J connectivity index is 0.000000363. The molecule has 45 heavy (non-hydrogen) atoms. The van der Waals surface area contributed by atoms with E-state index in [0.717, 1.165) is 24.8 Å². The summed E-state index contributed by atoms with van der Waals surface area (Å²) in [6.07, 6.45) is 3.34. The predicted octanol–water partition coefficient (Wildman–Crippen LogP) is 5.01. The number of fused-ring (bicyclic) bond motifs is 3. The van der Waals surface area contributed by atoms with Gasteiger partial charge in [0.2, 0.25) is 0 Å². The van der Waals surface area contributed by atoms with Crippen LogP contribution in [-0.4, -0.2) is 3.71 Å². The van der Waals surface area contributed by atoms with E-state index in [0.29, 0.717) is 5.41 Å². The van der Waals surface area contributed by atoms with Crippen LogP contribution in [0, 0.1) is 11.9 Å². The molecule has 0 amide bonds. The summed E-state index contributed by atoms with van der Waals surface area (Å²) in [5.74, 6) is -0.170. The molecular formula is C41H51Cl2FZr-2. The van der Waals surface area contributed by atoms with E-state index in [1.807, 2.05) is 3.71 Å². The third kappa shape index (κ3) is 11.2. The molecule has 4 aromatic carbocycles. The van der Waals surface area contributed by atoms with E-state index < -0.39 is 0 Å². The van der Waals surface area contributed by atoms with Crippen molar-refractivity contribution < 1.29 is 53.4 Å². The van der Waals surface area contributed by atoms with Gasteiger partial charge in [-0.25, -0.2) is 6.07 Å². The number of hydrogen-bond acceptors (Lipinski definition) is 0. The number of benzene rings is 3. The first-order valence-corrected chi connectivity index (χ1v) is 17.1. The molecule has 0 N–H and O–H groups in total. The SMILES string of the molecule is CC(C)(C)c1c[c-]c2c(c1)-c1cc(C(C)(C)C)ccc1C2.CCc1cc(C(C)(C)C)c(CC)[cH-]1.Fc1ccc([CH]=[Zr+2])cc1.[Cl-].[Cl-]. The largest absolute Gasteiger partial charge is 1.00 e. The molecule has 0 aromatic heterocycles. The average molecular weight is 725 g/mol. The minimum Gasteiger partial charge on any atom is -1.00 e. The Morgan fingerprint density at radius 3 is 1.80 bits per heavy atom. The van der Waals surface area contributed by atoms with Crippen molar-refractivity contribution in [2.75, 3.05) is 0 Å². The third-order valence-corrected chi connectivity index (χ3v) is 9.01. The van der Waals surface area contributed by atoms with Crippen LogP contribution in [0.25, 0.3) is 11.1 Å². The van der Waals surface area contributed by atoms with Crippen LogP contribution >= 0.6 is 0 Å². The summed E-state index contributed by atoms with van der Waals surface area (Å²) in [6.45, 7) is 25.0. The Labute approximate surface area is 301 Å². The van der Waals surface area contributed by atoms with Crippen molar-refractivity contribution in [2.45, 2.75) is 112 Å². The van der Waals surface area contributed by atoms with Crippen LogP contribution in [0.3, 0.4) is 0 Å². The van der Waals surface area contributed by atoms with E-state index in [-0.39, 0.29) is 41.5 Å². The topological polar surface area (TPSA) is 0 Å². The molecule has 4 heteroatoms. The Bertz CT molecular complexity index is 1460. The molecule has 0 unspecified atom stereocenters. The van der Waals surface area contributed by atoms with Gasteiger partial charge in [0.25, 0.3) is 0 Å². The predicted molar refractivity (Wildman–Crippen MR) is 182 cm³/mol. The molecule has 1 aliphatic carbocycles. The summed E-state index contributed by atoms with van der Waals surface area (Å²) >= 11 is 1.34. The van der Waals surface area contributed by atoms with E-state index in [4.69, 9.17) is 0 Å². The van der Waals surface area contributed by atoms with Crippen LogP contribution < -0.4 is 24.8 Å². The van der Waals surface area contributed by atoms with Crippen LogP contribution in [-0.2, 0) is 59.7 Å². The van der Waals surface area contributed by atoms with Crippen molar-refractivity contribution in [3.05, 3.63) is 123 Å². The molecule has 0 bridgehead atoms. The van der Waals surface area contributed by atoms with Crippen molar-refractivity contribution in [1.82, 2.24) is 0 Å². The first-order valence-electron chi connectivity index (χ1n) is 15.7. The summed E-state index contributed by atoms with van der Waals surface area (Å²) in [6, 6.07) is 26.3. The van der Waals surface area contributed by atoms with Crippen LogP contribution in [0.2, 0.25) is 0 Å². The summed E-state index contributed by atoms with van der Waals surface area (Å²) in [7, 11) is 0. The Morgan fingerprint density at radius 1 is 0.756 bits per heavy atom. The molecular weight excluding hydrogens is 674 g/mol. The van der Waals surface area contributed by atoms with Crippen molar-refractivity contribution in [3.8, 4) is 11.1 Å². The smallest absolute Gasteiger partial charge is 1.00 e. The minimum atomic E-state index is -0.170. The maximum atomic E-state index is 12.2. The summed E-state index contributed by atoms with van der Waals surface area (Å²) in [5.41, 5.74) is 14.7. The quantitative estimate of drug-likeness (QED) is 0.230. The van der Waals surface area contributed by atoms with Gasteiger partial charge in [-0.1, -0.05) is 129 Å². The van der Waals surface area contributed by atoms with E-state index >= 15 is 0 Å². The van der Waals surface area contributed by atoms with Crippen molar-refractivity contribution in [1.29, 1.82) is 0 Å². The van der Waals surface area contributed by atoms with E-state index in [2.05, 4.69) is 125 Å².